The van der Waals surface area contributed by atoms with Crippen molar-refractivity contribution in [1.82, 2.24) is 5.32 Å². The molecule has 0 bridgehead atoms. The number of rotatable bonds is 13. The van der Waals surface area contributed by atoms with Crippen LogP contribution in [0.4, 0.5) is 0 Å². The molecular formula is C32H47NO5S. The lowest BCUT2D eigenvalue weighted by Crippen LogP contribution is -2.55. The number of allylic oxidation sites excluding steroid dienone is 5. The number of carboxylic acid groups (broad SMARTS) is 1. The number of carbonyl (C=O) groups excluding carboxylic acids is 1. The molecular weight excluding hydrogens is 510 g/mol. The normalized spacial score (nSPS) is 18.2. The van der Waals surface area contributed by atoms with Crippen LogP contribution in [-0.2, 0) is 16.0 Å². The predicted octanol–water partition coefficient (Wildman–Crippen LogP) is 7.12. The van der Waals surface area contributed by atoms with Crippen molar-refractivity contribution in [3.8, 4) is 11.5 Å². The molecule has 1 aliphatic heterocycles. The molecule has 1 heterocycles. The number of carbonyl (C=O) groups is 2. The number of phenols is 1. The highest BCUT2D eigenvalue weighted by Gasteiger charge is 2.42. The lowest BCUT2D eigenvalue weighted by atomic mass is 9.86. The van der Waals surface area contributed by atoms with E-state index in [9.17, 15) is 19.8 Å². The molecule has 3 N–H and O–H groups in total. The molecule has 2 rings (SSSR count). The number of phenolic OH excluding ortho intramolecular Hbond substituents is 1. The molecule has 39 heavy (non-hydrogen) atoms. The van der Waals surface area contributed by atoms with E-state index >= 15 is 0 Å². The van der Waals surface area contributed by atoms with Gasteiger partial charge < -0.3 is 20.3 Å². The van der Waals surface area contributed by atoms with E-state index in [-0.39, 0.29) is 11.5 Å². The number of aliphatic carboxylic acids is 1. The van der Waals surface area contributed by atoms with Crippen molar-refractivity contribution in [3.05, 3.63) is 57.2 Å². The maximum Gasteiger partial charge on any atom is 0.327 e. The Bertz CT molecular complexity index is 1150. The Hall–Kier alpha value is -2.67. The maximum absolute atomic E-state index is 13.2. The van der Waals surface area contributed by atoms with Gasteiger partial charge in [0.05, 0.1) is 0 Å². The summed E-state index contributed by atoms with van der Waals surface area (Å²) >= 11 is 1.49. The Morgan fingerprint density at radius 2 is 1.62 bits per heavy atom. The number of amides is 1. The summed E-state index contributed by atoms with van der Waals surface area (Å²) in [5.41, 5.74) is 6.06. The molecule has 1 aliphatic rings. The zero-order valence-corrected chi connectivity index (χ0v) is 25.8. The van der Waals surface area contributed by atoms with E-state index in [1.807, 2.05) is 20.8 Å². The topological polar surface area (TPSA) is 95.9 Å². The van der Waals surface area contributed by atoms with Crippen molar-refractivity contribution in [1.29, 1.82) is 0 Å². The molecule has 0 aliphatic carbocycles. The average molecular weight is 558 g/mol. The van der Waals surface area contributed by atoms with E-state index in [4.69, 9.17) is 4.74 Å². The number of hydrogen-bond donors (Lipinski definition) is 3. The molecule has 1 amide bonds. The summed E-state index contributed by atoms with van der Waals surface area (Å²) in [7, 11) is 0. The van der Waals surface area contributed by atoms with Gasteiger partial charge in [0.2, 0.25) is 0 Å². The smallest absolute Gasteiger partial charge is 0.327 e. The number of fused-ring (bicyclic) bond motifs is 1. The lowest BCUT2D eigenvalue weighted by Gasteiger charge is -2.37. The summed E-state index contributed by atoms with van der Waals surface area (Å²) in [5, 5.41) is 22.9. The molecule has 0 spiro atoms. The highest BCUT2D eigenvalue weighted by Crippen LogP contribution is 2.43. The average Bonchev–Trinajstić information content (AvgIpc) is 2.87. The summed E-state index contributed by atoms with van der Waals surface area (Å²) in [6.45, 7) is 15.8. The first-order valence-electron chi connectivity index (χ1n) is 13.8. The molecule has 0 saturated carbocycles. The van der Waals surface area contributed by atoms with E-state index in [1.165, 1.54) is 28.5 Å². The molecule has 216 valence electrons. The molecule has 0 fully saturated rings. The van der Waals surface area contributed by atoms with Gasteiger partial charge in [0.1, 0.15) is 17.5 Å². The molecule has 2 atom stereocenters. The van der Waals surface area contributed by atoms with Gasteiger partial charge in [-0.05, 0) is 104 Å². The van der Waals surface area contributed by atoms with E-state index in [0.717, 1.165) is 47.9 Å². The number of ether oxygens (including phenoxy) is 1. The molecule has 0 saturated heterocycles. The van der Waals surface area contributed by atoms with Crippen molar-refractivity contribution in [3.63, 3.8) is 0 Å². The number of nitrogens with one attached hydrogen (secondary N) is 1. The van der Waals surface area contributed by atoms with Crippen LogP contribution >= 0.6 is 11.8 Å². The fourth-order valence-corrected chi connectivity index (χ4v) is 5.62. The van der Waals surface area contributed by atoms with Gasteiger partial charge in [0.15, 0.2) is 5.60 Å². The maximum atomic E-state index is 13.2. The predicted molar refractivity (Wildman–Crippen MR) is 162 cm³/mol. The van der Waals surface area contributed by atoms with Crippen LogP contribution < -0.4 is 10.1 Å². The minimum atomic E-state index is -1.18. The SMILES string of the molecule is CC(C)=CCC/C(C)=C/CC/C(C)=C/CSCC(NC(=O)[C@@]1(C)CCc2c(C)c(O)c(C)c(C)c2O1)C(=O)O. The highest BCUT2D eigenvalue weighted by molar-refractivity contribution is 7.99. The molecule has 6 nitrogen and oxygen atoms in total. The van der Waals surface area contributed by atoms with Gasteiger partial charge in [-0.25, -0.2) is 4.79 Å². The van der Waals surface area contributed by atoms with Gasteiger partial charge in [-0.2, -0.15) is 11.8 Å². The van der Waals surface area contributed by atoms with Gasteiger partial charge in [-0.15, -0.1) is 0 Å². The third-order valence-electron chi connectivity index (χ3n) is 7.56. The minimum absolute atomic E-state index is 0.261. The minimum Gasteiger partial charge on any atom is -0.507 e. The standard InChI is InChI=1S/C32H47NO5S/c1-20(2)11-9-12-21(3)13-10-14-22(4)16-18-39-19-27(30(35)36)33-31(37)32(8)17-15-26-25(7)28(34)23(5)24(6)29(26)38-32/h11,13,16,27,34H,9-10,12,14-15,17-19H2,1-8H3,(H,33,37)(H,35,36)/b21-13+,22-16+/t27?,32-/m1/s1. The quantitative estimate of drug-likeness (QED) is 0.176. The summed E-state index contributed by atoms with van der Waals surface area (Å²) < 4.78 is 6.21. The first kappa shape index (κ1) is 32.5. The van der Waals surface area contributed by atoms with Crippen LogP contribution in [0.15, 0.2) is 34.9 Å². The van der Waals surface area contributed by atoms with Crippen LogP contribution in [-0.4, -0.2) is 45.2 Å². The molecule has 1 unspecified atom stereocenters. The second-order valence-electron chi connectivity index (χ2n) is 11.2. The van der Waals surface area contributed by atoms with Crippen molar-refractivity contribution < 1.29 is 24.5 Å². The third kappa shape index (κ3) is 9.20. The van der Waals surface area contributed by atoms with E-state index in [0.29, 0.717) is 24.3 Å². The monoisotopic (exact) mass is 557 g/mol. The lowest BCUT2D eigenvalue weighted by molar-refractivity contribution is -0.145. The van der Waals surface area contributed by atoms with Crippen LogP contribution in [0, 0.1) is 20.8 Å². The van der Waals surface area contributed by atoms with Crippen molar-refractivity contribution >= 4 is 23.6 Å². The van der Waals surface area contributed by atoms with Crippen molar-refractivity contribution in [2.45, 2.75) is 106 Å². The Morgan fingerprint density at radius 3 is 2.23 bits per heavy atom. The van der Waals surface area contributed by atoms with Crippen LogP contribution in [0.2, 0.25) is 0 Å². The summed E-state index contributed by atoms with van der Waals surface area (Å²) in [4.78, 5) is 25.2. The Labute approximate surface area is 239 Å². The summed E-state index contributed by atoms with van der Waals surface area (Å²) in [6.07, 6.45) is 11.8. The Morgan fingerprint density at radius 1 is 1.00 bits per heavy atom. The van der Waals surface area contributed by atoms with Gasteiger partial charge >= 0.3 is 5.97 Å². The molecule has 0 aromatic heterocycles. The zero-order valence-electron chi connectivity index (χ0n) is 25.0. The Kier molecular flexibility index (Phi) is 12.2. The van der Waals surface area contributed by atoms with Crippen molar-refractivity contribution in [2.75, 3.05) is 11.5 Å². The Balaban J connectivity index is 1.89. The highest BCUT2D eigenvalue weighted by atomic mass is 32.2. The molecule has 7 heteroatoms. The van der Waals surface area contributed by atoms with E-state index in [2.05, 4.69) is 51.2 Å². The number of aromatic hydroxyl groups is 1. The summed E-state index contributed by atoms with van der Waals surface area (Å²) in [6, 6.07) is -1.01. The first-order chi connectivity index (χ1) is 18.3. The van der Waals surface area contributed by atoms with Gasteiger partial charge in [-0.3, -0.25) is 4.79 Å². The second kappa shape index (κ2) is 14.6. The number of hydrogen-bond acceptors (Lipinski definition) is 5. The van der Waals surface area contributed by atoms with Gasteiger partial charge in [0, 0.05) is 23.5 Å². The van der Waals surface area contributed by atoms with E-state index < -0.39 is 23.5 Å². The van der Waals surface area contributed by atoms with E-state index in [1.54, 1.807) is 6.92 Å². The van der Waals surface area contributed by atoms with Crippen LogP contribution in [0.1, 0.15) is 89.0 Å². The van der Waals surface area contributed by atoms with Crippen LogP contribution in [0.25, 0.3) is 0 Å². The van der Waals surface area contributed by atoms with Gasteiger partial charge in [-0.1, -0.05) is 34.9 Å². The summed E-state index contributed by atoms with van der Waals surface area (Å²) in [5.74, 6) is 0.354. The second-order valence-corrected chi connectivity index (χ2v) is 12.3. The molecule has 1 aromatic rings. The van der Waals surface area contributed by atoms with Crippen LogP contribution in [0.3, 0.4) is 0 Å². The van der Waals surface area contributed by atoms with Crippen LogP contribution in [0.5, 0.6) is 11.5 Å². The fourth-order valence-electron chi connectivity index (χ4n) is 4.62. The number of thioether (sulfide) groups is 1. The van der Waals surface area contributed by atoms with Gasteiger partial charge in [0.25, 0.3) is 5.91 Å². The third-order valence-corrected chi connectivity index (χ3v) is 8.53. The van der Waals surface area contributed by atoms with Crippen molar-refractivity contribution in [2.24, 2.45) is 0 Å². The fraction of sp³-hybridized carbons (Fsp3) is 0.562. The molecule has 0 radical (unpaired) electrons. The number of benzene rings is 1. The largest absolute Gasteiger partial charge is 0.507 e. The first-order valence-corrected chi connectivity index (χ1v) is 15.0. The zero-order chi connectivity index (χ0) is 29.3. The number of carboxylic acids is 1. The molecule has 1 aromatic carbocycles.